The average molecular weight is 260 g/mol. The monoisotopic (exact) mass is 260 g/mol. The second-order valence-corrected chi connectivity index (χ2v) is 4.72. The quantitative estimate of drug-likeness (QED) is 0.553. The molecule has 1 heterocycles. The van der Waals surface area contributed by atoms with Crippen LogP contribution in [0.5, 0.6) is 0 Å². The van der Waals surface area contributed by atoms with Gasteiger partial charge >= 0.3 is 5.97 Å². The largest absolute Gasteiger partial charge is 0.483 e. The van der Waals surface area contributed by atoms with Crippen molar-refractivity contribution in [1.29, 1.82) is 0 Å². The standard InChI is InChI=1S/C6H11NO2.C5H11N.CH2O2/c1-7-4-6(2-3-6)5(8)9;1-5-3-2-4-6-5;2-1-3/h7H,2-4H2,1H3,(H,8,9);5-6H,2-4H2,1H3;1H,(H,2,3). The molecular weight excluding hydrogens is 236 g/mol. The van der Waals surface area contributed by atoms with E-state index in [-0.39, 0.29) is 6.47 Å². The van der Waals surface area contributed by atoms with E-state index in [1.54, 1.807) is 7.05 Å². The Labute approximate surface area is 108 Å². The van der Waals surface area contributed by atoms with Crippen LogP contribution in [0.25, 0.3) is 0 Å². The average Bonchev–Trinajstić information content (AvgIpc) is 2.95. The molecule has 0 amide bonds. The lowest BCUT2D eigenvalue weighted by Gasteiger charge is -2.06. The normalized spacial score (nSPS) is 22.9. The number of rotatable bonds is 3. The van der Waals surface area contributed by atoms with Crippen LogP contribution in [0.15, 0.2) is 0 Å². The number of hydrogen-bond donors (Lipinski definition) is 4. The van der Waals surface area contributed by atoms with Gasteiger partial charge in [-0.3, -0.25) is 9.59 Å². The van der Waals surface area contributed by atoms with Gasteiger partial charge in [0.2, 0.25) is 0 Å². The molecule has 0 aromatic heterocycles. The van der Waals surface area contributed by atoms with Crippen molar-refractivity contribution < 1.29 is 19.8 Å². The summed E-state index contributed by atoms with van der Waals surface area (Å²) in [6.45, 7) is 3.83. The van der Waals surface area contributed by atoms with Crippen molar-refractivity contribution in [2.75, 3.05) is 20.1 Å². The van der Waals surface area contributed by atoms with Crippen molar-refractivity contribution in [1.82, 2.24) is 10.6 Å². The van der Waals surface area contributed by atoms with Gasteiger partial charge in [-0.2, -0.15) is 0 Å². The Morgan fingerprint density at radius 2 is 2.11 bits per heavy atom. The Bertz CT molecular complexity index is 248. The molecule has 2 rings (SSSR count). The van der Waals surface area contributed by atoms with Crippen LogP contribution in [0, 0.1) is 5.41 Å². The van der Waals surface area contributed by atoms with Crippen LogP contribution in [0.4, 0.5) is 0 Å². The minimum Gasteiger partial charge on any atom is -0.483 e. The van der Waals surface area contributed by atoms with Crippen molar-refractivity contribution in [3.63, 3.8) is 0 Å². The van der Waals surface area contributed by atoms with Crippen LogP contribution in [-0.2, 0) is 9.59 Å². The van der Waals surface area contributed by atoms with Gasteiger partial charge in [-0.1, -0.05) is 0 Å². The summed E-state index contributed by atoms with van der Waals surface area (Å²) >= 11 is 0. The number of hydrogen-bond acceptors (Lipinski definition) is 4. The van der Waals surface area contributed by atoms with Gasteiger partial charge < -0.3 is 20.8 Å². The molecule has 0 radical (unpaired) electrons. The predicted octanol–water partition coefficient (Wildman–Crippen LogP) is 0.530. The maximum absolute atomic E-state index is 10.4. The Kier molecular flexibility index (Phi) is 8.32. The van der Waals surface area contributed by atoms with E-state index in [0.717, 1.165) is 18.9 Å². The second-order valence-electron chi connectivity index (χ2n) is 4.72. The molecule has 18 heavy (non-hydrogen) atoms. The smallest absolute Gasteiger partial charge is 0.310 e. The van der Waals surface area contributed by atoms with Gasteiger partial charge in [0.15, 0.2) is 0 Å². The zero-order chi connectivity index (χ0) is 14.0. The van der Waals surface area contributed by atoms with Crippen molar-refractivity contribution in [3.8, 4) is 0 Å². The summed E-state index contributed by atoms with van der Waals surface area (Å²) < 4.78 is 0. The van der Waals surface area contributed by atoms with E-state index in [0.29, 0.717) is 6.54 Å². The molecule has 4 N–H and O–H groups in total. The van der Waals surface area contributed by atoms with Crippen LogP contribution in [0.1, 0.15) is 32.6 Å². The minimum absolute atomic E-state index is 0.250. The molecule has 6 heteroatoms. The highest BCUT2D eigenvalue weighted by Gasteiger charge is 2.49. The zero-order valence-corrected chi connectivity index (χ0v) is 11.1. The van der Waals surface area contributed by atoms with Gasteiger partial charge in [-0.05, 0) is 46.2 Å². The summed E-state index contributed by atoms with van der Waals surface area (Å²) in [6.07, 6.45) is 4.42. The first-order valence-electron chi connectivity index (χ1n) is 6.21. The van der Waals surface area contributed by atoms with E-state index < -0.39 is 11.4 Å². The number of aliphatic carboxylic acids is 1. The van der Waals surface area contributed by atoms with E-state index in [1.165, 1.54) is 19.4 Å². The third-order valence-corrected chi connectivity index (χ3v) is 3.13. The molecule has 1 aliphatic heterocycles. The van der Waals surface area contributed by atoms with Gasteiger partial charge in [0.1, 0.15) is 0 Å². The number of carboxylic acid groups (broad SMARTS) is 2. The van der Waals surface area contributed by atoms with Crippen LogP contribution in [-0.4, -0.2) is 48.8 Å². The third-order valence-electron chi connectivity index (χ3n) is 3.13. The molecule has 0 aromatic carbocycles. The predicted molar refractivity (Wildman–Crippen MR) is 68.6 cm³/mol. The van der Waals surface area contributed by atoms with Gasteiger partial charge in [0, 0.05) is 12.6 Å². The maximum atomic E-state index is 10.4. The molecule has 2 fully saturated rings. The molecule has 0 spiro atoms. The first-order chi connectivity index (χ1) is 8.52. The van der Waals surface area contributed by atoms with E-state index in [9.17, 15) is 4.79 Å². The van der Waals surface area contributed by atoms with Gasteiger partial charge in [-0.25, -0.2) is 0 Å². The fourth-order valence-electron chi connectivity index (χ4n) is 1.81. The molecule has 0 aromatic rings. The molecular formula is C12H24N2O4. The fourth-order valence-corrected chi connectivity index (χ4v) is 1.81. The fraction of sp³-hybridized carbons (Fsp3) is 0.833. The molecule has 2 aliphatic rings. The highest BCUT2D eigenvalue weighted by atomic mass is 16.4. The third kappa shape index (κ3) is 6.56. The van der Waals surface area contributed by atoms with Crippen LogP contribution < -0.4 is 10.6 Å². The van der Waals surface area contributed by atoms with Gasteiger partial charge in [0.05, 0.1) is 5.41 Å². The summed E-state index contributed by atoms with van der Waals surface area (Å²) in [6, 6.07) is 0.796. The molecule has 1 saturated carbocycles. The van der Waals surface area contributed by atoms with E-state index >= 15 is 0 Å². The summed E-state index contributed by atoms with van der Waals surface area (Å²) in [5.74, 6) is -0.656. The second kappa shape index (κ2) is 8.88. The molecule has 1 unspecified atom stereocenters. The number of carbonyl (C=O) groups is 2. The zero-order valence-electron chi connectivity index (χ0n) is 11.1. The molecule has 6 nitrogen and oxygen atoms in total. The SMILES string of the molecule is CC1CCCN1.CNCC1(C(=O)O)CC1.O=CO. The Balaban J connectivity index is 0.000000278. The summed E-state index contributed by atoms with van der Waals surface area (Å²) in [4.78, 5) is 18.8. The van der Waals surface area contributed by atoms with Gasteiger partial charge in [-0.15, -0.1) is 0 Å². The Morgan fingerprint density at radius 1 is 1.56 bits per heavy atom. The van der Waals surface area contributed by atoms with E-state index in [2.05, 4.69) is 17.6 Å². The molecule has 1 aliphatic carbocycles. The number of nitrogens with one attached hydrogen (secondary N) is 2. The Hall–Kier alpha value is -1.14. The maximum Gasteiger partial charge on any atom is 0.310 e. The van der Waals surface area contributed by atoms with E-state index in [4.69, 9.17) is 15.0 Å². The minimum atomic E-state index is -0.656. The molecule has 1 atom stereocenters. The summed E-state index contributed by atoms with van der Waals surface area (Å²) in [5.41, 5.74) is -0.394. The van der Waals surface area contributed by atoms with Crippen molar-refractivity contribution in [2.45, 2.75) is 38.6 Å². The molecule has 106 valence electrons. The number of carboxylic acids is 1. The highest BCUT2D eigenvalue weighted by Crippen LogP contribution is 2.44. The van der Waals surface area contributed by atoms with Crippen molar-refractivity contribution >= 4 is 12.4 Å². The van der Waals surface area contributed by atoms with Crippen molar-refractivity contribution in [2.24, 2.45) is 5.41 Å². The lowest BCUT2D eigenvalue weighted by atomic mass is 10.1. The Morgan fingerprint density at radius 3 is 2.22 bits per heavy atom. The van der Waals surface area contributed by atoms with E-state index in [1.807, 2.05) is 0 Å². The first kappa shape index (κ1) is 16.9. The lowest BCUT2D eigenvalue weighted by Crippen LogP contribution is -2.27. The van der Waals surface area contributed by atoms with Crippen LogP contribution >= 0.6 is 0 Å². The summed E-state index contributed by atoms with van der Waals surface area (Å²) in [7, 11) is 1.78. The molecule has 1 saturated heterocycles. The summed E-state index contributed by atoms with van der Waals surface area (Å²) in [5, 5.41) is 21.7. The van der Waals surface area contributed by atoms with Crippen molar-refractivity contribution in [3.05, 3.63) is 0 Å². The first-order valence-corrected chi connectivity index (χ1v) is 6.21. The topological polar surface area (TPSA) is 98.7 Å². The van der Waals surface area contributed by atoms with Crippen LogP contribution in [0.3, 0.4) is 0 Å². The highest BCUT2D eigenvalue weighted by molar-refractivity contribution is 5.78. The van der Waals surface area contributed by atoms with Gasteiger partial charge in [0.25, 0.3) is 6.47 Å². The molecule has 0 bridgehead atoms. The van der Waals surface area contributed by atoms with Crippen LogP contribution in [0.2, 0.25) is 0 Å². The lowest BCUT2D eigenvalue weighted by molar-refractivity contribution is -0.143.